The number of benzene rings is 2. The molecule has 0 saturated carbocycles. The molecule has 2 fully saturated rings. The number of aryl methyl sites for hydroxylation is 1. The summed E-state index contributed by atoms with van der Waals surface area (Å²) in [5.74, 6) is 0.0848. The quantitative estimate of drug-likeness (QED) is 0.482. The maximum atomic E-state index is 12.9. The van der Waals surface area contributed by atoms with Crippen molar-refractivity contribution in [1.82, 2.24) is 13.9 Å². The molecule has 2 aliphatic heterocycles. The third-order valence-corrected chi connectivity index (χ3v) is 10.1. The van der Waals surface area contributed by atoms with Gasteiger partial charge in [0.15, 0.2) is 0 Å². The zero-order valence-electron chi connectivity index (χ0n) is 20.2. The minimum Gasteiger partial charge on any atom is -0.492 e. The minimum absolute atomic E-state index is 0.0698. The number of hydrogen-bond donors (Lipinski definition) is 1. The van der Waals surface area contributed by atoms with Crippen LogP contribution in [0.15, 0.2) is 52.3 Å². The first-order valence-electron chi connectivity index (χ1n) is 11.9. The molecule has 2 heterocycles. The number of amides is 1. The molecule has 0 atom stereocenters. The molecule has 1 N–H and O–H groups in total. The average molecular weight is 538 g/mol. The number of nitrogens with zero attached hydrogens (tertiary/aromatic N) is 2. The second-order valence-electron chi connectivity index (χ2n) is 8.68. The van der Waals surface area contributed by atoms with Crippen molar-refractivity contribution >= 4 is 26.0 Å². The summed E-state index contributed by atoms with van der Waals surface area (Å²) in [6.45, 7) is 4.42. The molecule has 0 unspecified atom stereocenters. The molecule has 12 heteroatoms. The molecule has 10 nitrogen and oxygen atoms in total. The van der Waals surface area contributed by atoms with Crippen LogP contribution >= 0.6 is 0 Å². The van der Waals surface area contributed by atoms with Crippen LogP contribution in [0, 0.1) is 6.92 Å². The molecule has 2 aromatic rings. The fraction of sp³-hybridized carbons (Fsp3) is 0.458. The lowest BCUT2D eigenvalue weighted by Gasteiger charge is -2.26. The van der Waals surface area contributed by atoms with Gasteiger partial charge in [0.05, 0.1) is 29.5 Å². The van der Waals surface area contributed by atoms with Crippen LogP contribution in [0.3, 0.4) is 0 Å². The molecule has 2 aromatic carbocycles. The van der Waals surface area contributed by atoms with Crippen molar-refractivity contribution in [2.45, 2.75) is 29.6 Å². The van der Waals surface area contributed by atoms with E-state index in [0.717, 1.165) is 12.8 Å². The zero-order chi connectivity index (χ0) is 25.8. The van der Waals surface area contributed by atoms with Crippen LogP contribution in [-0.4, -0.2) is 83.9 Å². The van der Waals surface area contributed by atoms with E-state index in [9.17, 15) is 21.6 Å². The van der Waals surface area contributed by atoms with Crippen LogP contribution in [0.25, 0.3) is 0 Å². The Morgan fingerprint density at radius 3 is 2.14 bits per heavy atom. The van der Waals surface area contributed by atoms with Crippen molar-refractivity contribution in [2.75, 3.05) is 52.5 Å². The number of ether oxygens (including phenoxy) is 2. The maximum Gasteiger partial charge on any atom is 0.251 e. The predicted molar refractivity (Wildman–Crippen MR) is 133 cm³/mol. The molecular weight excluding hydrogens is 506 g/mol. The highest BCUT2D eigenvalue weighted by Crippen LogP contribution is 2.23. The Morgan fingerprint density at radius 2 is 1.47 bits per heavy atom. The van der Waals surface area contributed by atoms with Gasteiger partial charge in [-0.25, -0.2) is 16.8 Å². The van der Waals surface area contributed by atoms with Crippen LogP contribution in [0.5, 0.6) is 5.75 Å². The molecule has 196 valence electrons. The van der Waals surface area contributed by atoms with E-state index in [-0.39, 0.29) is 41.6 Å². The van der Waals surface area contributed by atoms with E-state index in [1.165, 1.54) is 32.9 Å². The van der Waals surface area contributed by atoms with Gasteiger partial charge in [0.25, 0.3) is 5.91 Å². The Morgan fingerprint density at radius 1 is 0.889 bits per heavy atom. The summed E-state index contributed by atoms with van der Waals surface area (Å²) >= 11 is 0. The van der Waals surface area contributed by atoms with Gasteiger partial charge in [0.1, 0.15) is 12.4 Å². The third-order valence-electron chi connectivity index (χ3n) is 6.24. The molecule has 0 aromatic heterocycles. The Labute approximate surface area is 212 Å². The van der Waals surface area contributed by atoms with Gasteiger partial charge in [0.2, 0.25) is 20.0 Å². The molecule has 2 saturated heterocycles. The molecule has 4 rings (SSSR count). The van der Waals surface area contributed by atoms with Crippen LogP contribution < -0.4 is 10.1 Å². The van der Waals surface area contributed by atoms with Gasteiger partial charge in [-0.05, 0) is 61.7 Å². The van der Waals surface area contributed by atoms with Crippen LogP contribution in [-0.2, 0) is 24.8 Å². The smallest absolute Gasteiger partial charge is 0.251 e. The molecule has 1 amide bonds. The summed E-state index contributed by atoms with van der Waals surface area (Å²) in [5.41, 5.74) is 0.935. The van der Waals surface area contributed by atoms with Crippen molar-refractivity contribution in [1.29, 1.82) is 0 Å². The van der Waals surface area contributed by atoms with Crippen LogP contribution in [0.1, 0.15) is 28.8 Å². The SMILES string of the molecule is Cc1ccc(S(=O)(=O)N2CCOCC2)cc1C(=O)NCCOc1ccc(S(=O)(=O)N2CCCC2)cc1. The summed E-state index contributed by atoms with van der Waals surface area (Å²) in [6, 6.07) is 10.8. The summed E-state index contributed by atoms with van der Waals surface area (Å²) < 4.78 is 64.8. The maximum absolute atomic E-state index is 12.9. The fourth-order valence-corrected chi connectivity index (χ4v) is 7.11. The highest BCUT2D eigenvalue weighted by atomic mass is 32.2. The number of hydrogen-bond acceptors (Lipinski definition) is 7. The standard InChI is InChI=1S/C24H31N3O7S2/c1-19-4-7-22(36(31,32)27-13-16-33-17-14-27)18-23(19)24(28)25-10-15-34-20-5-8-21(9-6-20)35(29,30)26-11-2-3-12-26/h4-9,18H,2-3,10-17H2,1H3,(H,25,28). The lowest BCUT2D eigenvalue weighted by atomic mass is 10.1. The second-order valence-corrected chi connectivity index (χ2v) is 12.6. The van der Waals surface area contributed by atoms with E-state index >= 15 is 0 Å². The topological polar surface area (TPSA) is 122 Å². The van der Waals surface area contributed by atoms with Gasteiger partial charge in [0, 0.05) is 31.7 Å². The van der Waals surface area contributed by atoms with Crippen molar-refractivity contribution in [3.05, 3.63) is 53.6 Å². The minimum atomic E-state index is -3.71. The highest BCUT2D eigenvalue weighted by molar-refractivity contribution is 7.89. The van der Waals surface area contributed by atoms with E-state index in [1.54, 1.807) is 25.1 Å². The van der Waals surface area contributed by atoms with Gasteiger partial charge in [-0.2, -0.15) is 8.61 Å². The van der Waals surface area contributed by atoms with Crippen molar-refractivity contribution < 1.29 is 31.1 Å². The zero-order valence-corrected chi connectivity index (χ0v) is 21.8. The summed E-state index contributed by atoms with van der Waals surface area (Å²) in [5, 5.41) is 2.75. The van der Waals surface area contributed by atoms with Crippen molar-refractivity contribution in [3.8, 4) is 5.75 Å². The second kappa shape index (κ2) is 11.3. The van der Waals surface area contributed by atoms with Gasteiger partial charge in [-0.1, -0.05) is 6.07 Å². The number of morpholine rings is 1. The number of nitrogens with one attached hydrogen (secondary N) is 1. The third kappa shape index (κ3) is 5.89. The number of rotatable bonds is 9. The van der Waals surface area contributed by atoms with E-state index in [1.807, 2.05) is 0 Å². The van der Waals surface area contributed by atoms with Gasteiger partial charge in [-0.15, -0.1) is 0 Å². The Balaban J connectivity index is 1.32. The monoisotopic (exact) mass is 537 g/mol. The summed E-state index contributed by atoms with van der Waals surface area (Å²) in [7, 11) is -7.19. The first-order valence-corrected chi connectivity index (χ1v) is 14.8. The van der Waals surface area contributed by atoms with Crippen LogP contribution in [0.4, 0.5) is 0 Å². The van der Waals surface area contributed by atoms with Crippen molar-refractivity contribution in [2.24, 2.45) is 0 Å². The first-order chi connectivity index (χ1) is 17.2. The van der Waals surface area contributed by atoms with Crippen molar-refractivity contribution in [3.63, 3.8) is 0 Å². The first kappa shape index (κ1) is 26.6. The lowest BCUT2D eigenvalue weighted by molar-refractivity contribution is 0.0730. The largest absolute Gasteiger partial charge is 0.492 e. The predicted octanol–water partition coefficient (Wildman–Crippen LogP) is 1.61. The van der Waals surface area contributed by atoms with E-state index in [4.69, 9.17) is 9.47 Å². The fourth-order valence-electron chi connectivity index (χ4n) is 4.16. The van der Waals surface area contributed by atoms with Gasteiger partial charge < -0.3 is 14.8 Å². The number of carbonyl (C=O) groups is 1. The normalized spacial score (nSPS) is 17.7. The summed E-state index contributed by atoms with van der Waals surface area (Å²) in [6.07, 6.45) is 1.75. The Hall–Kier alpha value is -2.51. The molecule has 0 bridgehead atoms. The molecule has 2 aliphatic rings. The number of carbonyl (C=O) groups excluding carboxylic acids is 1. The van der Waals surface area contributed by atoms with Gasteiger partial charge in [-0.3, -0.25) is 4.79 Å². The highest BCUT2D eigenvalue weighted by Gasteiger charge is 2.28. The molecule has 0 aliphatic carbocycles. The molecule has 0 radical (unpaired) electrons. The molecular formula is C24H31N3O7S2. The van der Waals surface area contributed by atoms with E-state index in [2.05, 4.69) is 5.32 Å². The Kier molecular flexibility index (Phi) is 8.30. The van der Waals surface area contributed by atoms with E-state index in [0.29, 0.717) is 37.6 Å². The van der Waals surface area contributed by atoms with E-state index < -0.39 is 26.0 Å². The molecule has 0 spiro atoms. The summed E-state index contributed by atoms with van der Waals surface area (Å²) in [4.78, 5) is 13.0. The lowest BCUT2D eigenvalue weighted by Crippen LogP contribution is -2.40. The van der Waals surface area contributed by atoms with Crippen LogP contribution in [0.2, 0.25) is 0 Å². The molecule has 36 heavy (non-hydrogen) atoms. The van der Waals surface area contributed by atoms with Gasteiger partial charge >= 0.3 is 0 Å². The average Bonchev–Trinajstić information content (AvgIpc) is 3.44. The number of sulfonamides is 2. The Bertz CT molecular complexity index is 1280.